The Kier molecular flexibility index (Phi) is 4.78. The van der Waals surface area contributed by atoms with Crippen LogP contribution >= 0.6 is 23.5 Å². The summed E-state index contributed by atoms with van der Waals surface area (Å²) in [6.45, 7) is 3.90. The lowest BCUT2D eigenvalue weighted by atomic mass is 10.2. The number of hydrogen-bond donors (Lipinski definition) is 0. The summed E-state index contributed by atoms with van der Waals surface area (Å²) >= 11 is 7.92. The van der Waals surface area contributed by atoms with Crippen LogP contribution in [0.2, 0.25) is 5.02 Å². The number of fused-ring (bicyclic) bond motifs is 1. The minimum Gasteiger partial charge on any atom is -0.347 e. The largest absolute Gasteiger partial charge is 0.347 e. The van der Waals surface area contributed by atoms with E-state index in [1.807, 2.05) is 29.2 Å². The van der Waals surface area contributed by atoms with Gasteiger partial charge in [0.25, 0.3) is 0 Å². The van der Waals surface area contributed by atoms with E-state index >= 15 is 0 Å². The van der Waals surface area contributed by atoms with E-state index in [0.29, 0.717) is 23.8 Å². The average Bonchev–Trinajstić information content (AvgIpc) is 3.14. The van der Waals surface area contributed by atoms with E-state index in [0.717, 1.165) is 22.8 Å². The lowest BCUT2D eigenvalue weighted by Crippen LogP contribution is -2.37. The minimum atomic E-state index is -0.279. The van der Waals surface area contributed by atoms with Gasteiger partial charge in [0.15, 0.2) is 0 Å². The van der Waals surface area contributed by atoms with Crippen LogP contribution in [0.4, 0.5) is 15.8 Å². The molecular weight excluding hydrogens is 371 g/mol. The van der Waals surface area contributed by atoms with E-state index in [-0.39, 0.29) is 5.82 Å². The molecule has 2 aromatic carbocycles. The molecule has 0 N–H and O–H groups in total. The molecule has 0 aliphatic carbocycles. The topological polar surface area (TPSA) is 24.3 Å². The zero-order chi connectivity index (χ0) is 18.1. The second-order valence-electron chi connectivity index (χ2n) is 6.03. The first-order valence-corrected chi connectivity index (χ1v) is 9.55. The third-order valence-corrected chi connectivity index (χ3v) is 5.80. The molecule has 1 aliphatic heterocycles. The summed E-state index contributed by atoms with van der Waals surface area (Å²) in [7, 11) is 0. The van der Waals surface area contributed by atoms with Gasteiger partial charge in [-0.3, -0.25) is 8.99 Å². The number of anilines is 2. The number of benzene rings is 2. The molecule has 4 rings (SSSR count). The molecule has 4 nitrogen and oxygen atoms in total. The summed E-state index contributed by atoms with van der Waals surface area (Å²) in [6.07, 6.45) is 3.88. The average molecular weight is 389 g/mol. The summed E-state index contributed by atoms with van der Waals surface area (Å²) in [5, 5.41) is 4.82. The number of para-hydroxylation sites is 1. The van der Waals surface area contributed by atoms with Gasteiger partial charge in [-0.2, -0.15) is 5.10 Å². The van der Waals surface area contributed by atoms with Crippen LogP contribution in [0.25, 0.3) is 0 Å². The van der Waals surface area contributed by atoms with Crippen molar-refractivity contribution in [1.82, 2.24) is 9.78 Å². The van der Waals surface area contributed by atoms with Gasteiger partial charge >= 0.3 is 0 Å². The van der Waals surface area contributed by atoms with E-state index in [1.165, 1.54) is 6.07 Å². The third-order valence-electron chi connectivity index (χ3n) is 4.36. The summed E-state index contributed by atoms with van der Waals surface area (Å²) in [5.74, 6) is -0.279. The van der Waals surface area contributed by atoms with Crippen molar-refractivity contribution in [2.24, 2.45) is 0 Å². The van der Waals surface area contributed by atoms with Crippen molar-refractivity contribution in [2.45, 2.75) is 24.9 Å². The molecule has 1 aromatic heterocycles. The van der Waals surface area contributed by atoms with Crippen LogP contribution in [-0.4, -0.2) is 16.4 Å². The summed E-state index contributed by atoms with van der Waals surface area (Å²) in [5.41, 5.74) is 2.62. The first kappa shape index (κ1) is 17.2. The molecule has 0 atom stereocenters. The van der Waals surface area contributed by atoms with Crippen LogP contribution in [0.3, 0.4) is 0 Å². The highest BCUT2D eigenvalue weighted by atomic mass is 35.5. The Morgan fingerprint density at radius 2 is 2.04 bits per heavy atom. The monoisotopic (exact) mass is 388 g/mol. The molecule has 0 fully saturated rings. The first-order chi connectivity index (χ1) is 12.7. The molecule has 2 heterocycles. The molecular formula is C19H18ClFN4S. The van der Waals surface area contributed by atoms with Crippen molar-refractivity contribution in [3.8, 4) is 0 Å². The quantitative estimate of drug-likeness (QED) is 0.574. The van der Waals surface area contributed by atoms with Crippen molar-refractivity contribution in [3.63, 3.8) is 0 Å². The fraction of sp³-hybridized carbons (Fsp3) is 0.211. The van der Waals surface area contributed by atoms with Gasteiger partial charge in [0.2, 0.25) is 0 Å². The summed E-state index contributed by atoms with van der Waals surface area (Å²) in [6, 6.07) is 13.0. The molecule has 1 aliphatic rings. The van der Waals surface area contributed by atoms with Crippen LogP contribution in [0, 0.1) is 5.82 Å². The molecule has 0 radical (unpaired) electrons. The van der Waals surface area contributed by atoms with E-state index < -0.39 is 0 Å². The van der Waals surface area contributed by atoms with Crippen molar-refractivity contribution < 1.29 is 4.39 Å². The van der Waals surface area contributed by atoms with Crippen LogP contribution in [0.15, 0.2) is 59.8 Å². The van der Waals surface area contributed by atoms with Gasteiger partial charge in [-0.05, 0) is 43.1 Å². The smallest absolute Gasteiger partial charge is 0.129 e. The zero-order valence-corrected chi connectivity index (χ0v) is 15.8. The van der Waals surface area contributed by atoms with Crippen molar-refractivity contribution in [1.29, 1.82) is 0 Å². The van der Waals surface area contributed by atoms with E-state index in [4.69, 9.17) is 11.6 Å². The molecule has 26 heavy (non-hydrogen) atoms. The standard InChI is InChI=1S/C19H18ClFN4S/c1-2-24-11-14(10-22-24)25-13-23(18-8-3-4-9-19(18)26-25)12-15-16(20)6-5-7-17(15)21/h3-11H,2,12-13H2,1H3. The molecule has 0 spiro atoms. The Labute approximate surface area is 161 Å². The third kappa shape index (κ3) is 3.27. The maximum absolute atomic E-state index is 14.3. The van der Waals surface area contributed by atoms with Crippen molar-refractivity contribution >= 4 is 34.9 Å². The highest BCUT2D eigenvalue weighted by Gasteiger charge is 2.25. The first-order valence-electron chi connectivity index (χ1n) is 8.40. The number of nitrogens with zero attached hydrogens (tertiary/aromatic N) is 4. The SMILES string of the molecule is CCn1cc(N2CN(Cc3c(F)cccc3Cl)c3ccccc3S2)cn1. The number of hydrogen-bond acceptors (Lipinski definition) is 4. The fourth-order valence-corrected chi connectivity index (χ4v) is 4.26. The molecule has 134 valence electrons. The summed E-state index contributed by atoms with van der Waals surface area (Å²) in [4.78, 5) is 3.26. The van der Waals surface area contributed by atoms with E-state index in [2.05, 4.69) is 33.4 Å². The maximum atomic E-state index is 14.3. The molecule has 0 saturated heterocycles. The van der Waals surface area contributed by atoms with E-state index in [1.54, 1.807) is 24.1 Å². The van der Waals surface area contributed by atoms with Crippen LogP contribution in [0.5, 0.6) is 0 Å². The Morgan fingerprint density at radius 1 is 1.19 bits per heavy atom. The fourth-order valence-electron chi connectivity index (χ4n) is 2.97. The molecule has 0 unspecified atom stereocenters. The highest BCUT2D eigenvalue weighted by molar-refractivity contribution is 8.00. The van der Waals surface area contributed by atoms with Gasteiger partial charge in [-0.25, -0.2) is 4.39 Å². The number of halogens is 2. The zero-order valence-electron chi connectivity index (χ0n) is 14.3. The van der Waals surface area contributed by atoms with Gasteiger partial charge in [-0.15, -0.1) is 0 Å². The molecule has 7 heteroatoms. The van der Waals surface area contributed by atoms with Gasteiger partial charge in [-0.1, -0.05) is 29.8 Å². The Hall–Kier alpha value is -2.18. The van der Waals surface area contributed by atoms with Crippen molar-refractivity contribution in [2.75, 3.05) is 15.9 Å². The van der Waals surface area contributed by atoms with E-state index in [9.17, 15) is 4.39 Å². The van der Waals surface area contributed by atoms with Gasteiger partial charge in [0.1, 0.15) is 12.5 Å². The van der Waals surface area contributed by atoms with Crippen LogP contribution < -0.4 is 9.21 Å². The molecule has 0 bridgehead atoms. The second-order valence-corrected chi connectivity index (χ2v) is 7.50. The Bertz CT molecular complexity index is 909. The lowest BCUT2D eigenvalue weighted by molar-refractivity contribution is 0.604. The van der Waals surface area contributed by atoms with Crippen LogP contribution in [0.1, 0.15) is 12.5 Å². The predicted octanol–water partition coefficient (Wildman–Crippen LogP) is 5.19. The Morgan fingerprint density at radius 3 is 2.81 bits per heavy atom. The Balaban J connectivity index is 1.68. The van der Waals surface area contributed by atoms with Crippen molar-refractivity contribution in [3.05, 3.63) is 71.3 Å². The predicted molar refractivity (Wildman–Crippen MR) is 105 cm³/mol. The van der Waals surface area contributed by atoms with Gasteiger partial charge in [0.05, 0.1) is 22.5 Å². The molecule has 0 amide bonds. The van der Waals surface area contributed by atoms with Crippen LogP contribution in [-0.2, 0) is 13.1 Å². The minimum absolute atomic E-state index is 0.279. The number of rotatable bonds is 4. The van der Waals surface area contributed by atoms with Gasteiger partial charge in [0, 0.05) is 29.9 Å². The number of aromatic nitrogens is 2. The molecule has 3 aromatic rings. The van der Waals surface area contributed by atoms with Gasteiger partial charge < -0.3 is 4.90 Å². The summed E-state index contributed by atoms with van der Waals surface area (Å²) < 4.78 is 18.4. The molecule has 0 saturated carbocycles. The normalized spacial score (nSPS) is 13.8. The second kappa shape index (κ2) is 7.21. The lowest BCUT2D eigenvalue weighted by Gasteiger charge is -2.38. The number of aryl methyl sites for hydroxylation is 1. The maximum Gasteiger partial charge on any atom is 0.129 e. The highest BCUT2D eigenvalue weighted by Crippen LogP contribution is 2.41.